The summed E-state index contributed by atoms with van der Waals surface area (Å²) < 4.78 is 6.06. The number of nitrogens with two attached hydrogens (primary N) is 1. The summed E-state index contributed by atoms with van der Waals surface area (Å²) in [6.45, 7) is 0.427. The van der Waals surface area contributed by atoms with Crippen molar-refractivity contribution in [1.29, 1.82) is 0 Å². The topological polar surface area (TPSA) is 61.0 Å². The van der Waals surface area contributed by atoms with Crippen molar-refractivity contribution in [3.8, 4) is 11.4 Å². The summed E-state index contributed by atoms with van der Waals surface area (Å²) in [7, 11) is 1.62. The third kappa shape index (κ3) is 3.01. The van der Waals surface area contributed by atoms with Gasteiger partial charge in [-0.25, -0.2) is 9.97 Å². The second kappa shape index (κ2) is 5.25. The number of nitrogens with zero attached hydrogens (tertiary/aromatic N) is 2. The molecular weight excluding hydrogens is 282 g/mol. The number of nitrogen functional groups attached to an aromatic ring is 1. The molecule has 0 spiro atoms. The molecule has 4 nitrogen and oxygen atoms in total. The minimum Gasteiger partial charge on any atom is -0.384 e. The van der Waals surface area contributed by atoms with Gasteiger partial charge in [-0.2, -0.15) is 0 Å². The Morgan fingerprint density at radius 3 is 2.59 bits per heavy atom. The average molecular weight is 294 g/mol. The molecule has 0 saturated heterocycles. The number of methoxy groups -OCH3 is 1. The molecular formula is C12H12BrN3O. The molecule has 17 heavy (non-hydrogen) atoms. The quantitative estimate of drug-likeness (QED) is 0.945. The predicted octanol–water partition coefficient (Wildman–Crippen LogP) is 2.63. The number of benzene rings is 1. The van der Waals surface area contributed by atoms with Crippen LogP contribution in [0.3, 0.4) is 0 Å². The van der Waals surface area contributed by atoms with Crippen molar-refractivity contribution >= 4 is 21.7 Å². The Morgan fingerprint density at radius 2 is 1.94 bits per heavy atom. The fraction of sp³-hybridized carbons (Fsp3) is 0.167. The number of anilines is 1. The summed E-state index contributed by atoms with van der Waals surface area (Å²) in [5.74, 6) is 1.06. The van der Waals surface area contributed by atoms with Crippen LogP contribution < -0.4 is 5.73 Å². The Kier molecular flexibility index (Phi) is 3.71. The van der Waals surface area contributed by atoms with E-state index in [2.05, 4.69) is 25.9 Å². The second-order valence-corrected chi connectivity index (χ2v) is 4.46. The van der Waals surface area contributed by atoms with Gasteiger partial charge in [-0.3, -0.25) is 0 Å². The molecule has 2 rings (SSSR count). The molecule has 0 fully saturated rings. The first-order chi connectivity index (χ1) is 8.19. The van der Waals surface area contributed by atoms with Crippen molar-refractivity contribution in [3.63, 3.8) is 0 Å². The number of aromatic nitrogens is 2. The third-order valence-electron chi connectivity index (χ3n) is 2.19. The van der Waals surface area contributed by atoms with E-state index in [1.54, 1.807) is 13.2 Å². The molecule has 0 aliphatic heterocycles. The molecule has 1 heterocycles. The number of halogens is 1. The van der Waals surface area contributed by atoms with Crippen LogP contribution in [-0.4, -0.2) is 17.1 Å². The number of ether oxygens (including phenoxy) is 1. The maximum atomic E-state index is 5.74. The van der Waals surface area contributed by atoms with E-state index in [0.29, 0.717) is 18.2 Å². The van der Waals surface area contributed by atoms with Gasteiger partial charge in [-0.05, 0) is 12.1 Å². The molecule has 1 aromatic carbocycles. The molecule has 0 aliphatic carbocycles. The van der Waals surface area contributed by atoms with E-state index in [9.17, 15) is 0 Å². The van der Waals surface area contributed by atoms with E-state index in [1.807, 2.05) is 24.3 Å². The summed E-state index contributed by atoms with van der Waals surface area (Å²) >= 11 is 3.39. The van der Waals surface area contributed by atoms with E-state index in [4.69, 9.17) is 10.5 Å². The molecule has 88 valence electrons. The van der Waals surface area contributed by atoms with Crippen LogP contribution in [0.2, 0.25) is 0 Å². The molecule has 2 aromatic rings. The van der Waals surface area contributed by atoms with Gasteiger partial charge in [0.1, 0.15) is 5.82 Å². The minimum absolute atomic E-state index is 0.427. The smallest absolute Gasteiger partial charge is 0.161 e. The monoisotopic (exact) mass is 293 g/mol. The summed E-state index contributed by atoms with van der Waals surface area (Å²) in [4.78, 5) is 8.60. The van der Waals surface area contributed by atoms with Crippen molar-refractivity contribution in [2.24, 2.45) is 0 Å². The number of hydrogen-bond donors (Lipinski definition) is 1. The molecule has 0 atom stereocenters. The molecule has 0 bridgehead atoms. The van der Waals surface area contributed by atoms with Crippen LogP contribution in [-0.2, 0) is 11.3 Å². The van der Waals surface area contributed by atoms with Gasteiger partial charge in [0, 0.05) is 23.2 Å². The fourth-order valence-electron chi connectivity index (χ4n) is 1.47. The van der Waals surface area contributed by atoms with Crippen molar-refractivity contribution in [3.05, 3.63) is 40.5 Å². The highest BCUT2D eigenvalue weighted by atomic mass is 79.9. The third-order valence-corrected chi connectivity index (χ3v) is 2.72. The van der Waals surface area contributed by atoms with E-state index >= 15 is 0 Å². The van der Waals surface area contributed by atoms with Crippen molar-refractivity contribution in [2.75, 3.05) is 12.8 Å². The molecule has 0 aliphatic rings. The largest absolute Gasteiger partial charge is 0.384 e. The highest BCUT2D eigenvalue weighted by Crippen LogP contribution is 2.19. The van der Waals surface area contributed by atoms with Crippen LogP contribution >= 0.6 is 15.9 Å². The first-order valence-corrected chi connectivity index (χ1v) is 5.86. The molecule has 0 unspecified atom stereocenters. The zero-order chi connectivity index (χ0) is 12.3. The van der Waals surface area contributed by atoms with Gasteiger partial charge in [-0.15, -0.1) is 0 Å². The van der Waals surface area contributed by atoms with Crippen molar-refractivity contribution in [1.82, 2.24) is 9.97 Å². The maximum Gasteiger partial charge on any atom is 0.161 e. The zero-order valence-electron chi connectivity index (χ0n) is 9.35. The van der Waals surface area contributed by atoms with E-state index in [-0.39, 0.29) is 0 Å². The summed E-state index contributed by atoms with van der Waals surface area (Å²) in [6, 6.07) is 9.48. The van der Waals surface area contributed by atoms with Gasteiger partial charge in [0.2, 0.25) is 0 Å². The van der Waals surface area contributed by atoms with Crippen LogP contribution in [0, 0.1) is 0 Å². The van der Waals surface area contributed by atoms with Crippen molar-refractivity contribution < 1.29 is 4.74 Å². The summed E-state index contributed by atoms with van der Waals surface area (Å²) in [5, 5.41) is 0. The van der Waals surface area contributed by atoms with Gasteiger partial charge in [-0.1, -0.05) is 28.1 Å². The lowest BCUT2D eigenvalue weighted by atomic mass is 10.2. The standard InChI is InChI=1S/C12H12BrN3O/c1-17-7-10-6-11(14)16-12(15-10)8-2-4-9(13)5-3-8/h2-6H,7H2,1H3,(H2,14,15,16). The normalized spacial score (nSPS) is 10.5. The Labute approximate surface area is 108 Å². The number of rotatable bonds is 3. The molecule has 0 amide bonds. The molecule has 2 N–H and O–H groups in total. The van der Waals surface area contributed by atoms with Crippen LogP contribution in [0.4, 0.5) is 5.82 Å². The van der Waals surface area contributed by atoms with Gasteiger partial charge >= 0.3 is 0 Å². The predicted molar refractivity (Wildman–Crippen MR) is 70.3 cm³/mol. The van der Waals surface area contributed by atoms with Crippen molar-refractivity contribution in [2.45, 2.75) is 6.61 Å². The second-order valence-electron chi connectivity index (χ2n) is 3.55. The van der Waals surface area contributed by atoms with E-state index < -0.39 is 0 Å². The van der Waals surface area contributed by atoms with Crippen LogP contribution in [0.15, 0.2) is 34.8 Å². The molecule has 5 heteroatoms. The first kappa shape index (κ1) is 12.0. The Morgan fingerprint density at radius 1 is 1.24 bits per heavy atom. The van der Waals surface area contributed by atoms with Gasteiger partial charge < -0.3 is 10.5 Å². The van der Waals surface area contributed by atoms with Gasteiger partial charge in [0.15, 0.2) is 5.82 Å². The maximum absolute atomic E-state index is 5.74. The highest BCUT2D eigenvalue weighted by molar-refractivity contribution is 9.10. The molecule has 0 radical (unpaired) electrons. The number of hydrogen-bond acceptors (Lipinski definition) is 4. The van der Waals surface area contributed by atoms with E-state index in [0.717, 1.165) is 15.7 Å². The fourth-order valence-corrected chi connectivity index (χ4v) is 1.73. The van der Waals surface area contributed by atoms with Gasteiger partial charge in [0.25, 0.3) is 0 Å². The molecule has 1 aromatic heterocycles. The Balaban J connectivity index is 2.40. The Hall–Kier alpha value is -1.46. The lowest BCUT2D eigenvalue weighted by molar-refractivity contribution is 0.181. The average Bonchev–Trinajstić information content (AvgIpc) is 2.29. The van der Waals surface area contributed by atoms with Crippen LogP contribution in [0.5, 0.6) is 0 Å². The van der Waals surface area contributed by atoms with E-state index in [1.165, 1.54) is 0 Å². The molecule has 0 saturated carbocycles. The Bertz CT molecular complexity index is 514. The lowest BCUT2D eigenvalue weighted by Gasteiger charge is -2.05. The summed E-state index contributed by atoms with van der Waals surface area (Å²) in [6.07, 6.45) is 0. The first-order valence-electron chi connectivity index (χ1n) is 5.07. The zero-order valence-corrected chi connectivity index (χ0v) is 10.9. The minimum atomic E-state index is 0.427. The van der Waals surface area contributed by atoms with Gasteiger partial charge in [0.05, 0.1) is 12.3 Å². The SMILES string of the molecule is COCc1cc(N)nc(-c2ccc(Br)cc2)n1. The lowest BCUT2D eigenvalue weighted by Crippen LogP contribution is -2.01. The highest BCUT2D eigenvalue weighted by Gasteiger charge is 2.05. The van der Waals surface area contributed by atoms with Crippen LogP contribution in [0.25, 0.3) is 11.4 Å². The van der Waals surface area contributed by atoms with Crippen LogP contribution in [0.1, 0.15) is 5.69 Å². The summed E-state index contributed by atoms with van der Waals surface area (Å²) in [5.41, 5.74) is 7.45.